The molecule has 1 aromatic rings. The number of piperidine rings is 1. The second kappa shape index (κ2) is 7.37. The van der Waals surface area contributed by atoms with E-state index in [1.54, 1.807) is 0 Å². The summed E-state index contributed by atoms with van der Waals surface area (Å²) >= 11 is 0. The predicted octanol–water partition coefficient (Wildman–Crippen LogP) is -0.688. The highest BCUT2D eigenvalue weighted by Gasteiger charge is 2.27. The molecule has 1 atom stereocenters. The zero-order chi connectivity index (χ0) is 16.2. The van der Waals surface area contributed by atoms with E-state index in [9.17, 15) is 4.79 Å². The molecule has 0 saturated carbocycles. The van der Waals surface area contributed by atoms with Crippen molar-refractivity contribution in [2.75, 3.05) is 45.9 Å². The van der Waals surface area contributed by atoms with Crippen LogP contribution in [0.25, 0.3) is 0 Å². The largest absolute Gasteiger partial charge is 0.379 e. The molecule has 8 heteroatoms. The minimum atomic E-state index is -0.267. The highest BCUT2D eigenvalue weighted by atomic mass is 16.5. The summed E-state index contributed by atoms with van der Waals surface area (Å²) in [7, 11) is 2.04. The standard InChI is InChI=1S/C15H26N6O2/c1-19-14(11-20-5-7-23-8-6-20)17-18-15(19)12-3-2-4-21(9-12)10-13(16)22/h12H,2-11H2,1H3,(H2,16,22). The molecule has 0 radical (unpaired) electrons. The van der Waals surface area contributed by atoms with Gasteiger partial charge >= 0.3 is 0 Å². The lowest BCUT2D eigenvalue weighted by molar-refractivity contribution is -0.119. The van der Waals surface area contributed by atoms with Gasteiger partial charge in [0.2, 0.25) is 5.91 Å². The van der Waals surface area contributed by atoms with Gasteiger partial charge in [-0.05, 0) is 19.4 Å². The minimum absolute atomic E-state index is 0.267. The van der Waals surface area contributed by atoms with Gasteiger partial charge in [0, 0.05) is 32.6 Å². The average molecular weight is 322 g/mol. The minimum Gasteiger partial charge on any atom is -0.379 e. The van der Waals surface area contributed by atoms with Crippen LogP contribution in [-0.2, 0) is 23.1 Å². The van der Waals surface area contributed by atoms with Crippen molar-refractivity contribution in [1.82, 2.24) is 24.6 Å². The molecule has 0 aliphatic carbocycles. The fraction of sp³-hybridized carbons (Fsp3) is 0.800. The van der Waals surface area contributed by atoms with Crippen molar-refractivity contribution < 1.29 is 9.53 Å². The number of ether oxygens (including phenoxy) is 1. The maximum Gasteiger partial charge on any atom is 0.231 e. The summed E-state index contributed by atoms with van der Waals surface area (Å²) in [5.74, 6) is 2.06. The number of carbonyl (C=O) groups excluding carboxylic acids is 1. The first-order valence-electron chi connectivity index (χ1n) is 8.32. The second-order valence-corrected chi connectivity index (χ2v) is 6.46. The number of rotatable bonds is 5. The number of morpholine rings is 1. The van der Waals surface area contributed by atoms with Gasteiger partial charge in [0.05, 0.1) is 26.3 Å². The molecule has 1 aromatic heterocycles. The van der Waals surface area contributed by atoms with E-state index in [-0.39, 0.29) is 5.91 Å². The summed E-state index contributed by atoms with van der Waals surface area (Å²) < 4.78 is 7.50. The first-order valence-corrected chi connectivity index (χ1v) is 8.32. The summed E-state index contributed by atoms with van der Waals surface area (Å²) in [6.07, 6.45) is 2.14. The number of nitrogens with zero attached hydrogens (tertiary/aromatic N) is 5. The zero-order valence-electron chi connectivity index (χ0n) is 13.8. The summed E-state index contributed by atoms with van der Waals surface area (Å²) in [4.78, 5) is 15.6. The molecule has 0 bridgehead atoms. The molecule has 2 aliphatic heterocycles. The second-order valence-electron chi connectivity index (χ2n) is 6.46. The van der Waals surface area contributed by atoms with E-state index in [2.05, 4.69) is 24.6 Å². The van der Waals surface area contributed by atoms with Gasteiger partial charge in [-0.15, -0.1) is 10.2 Å². The topological polar surface area (TPSA) is 89.5 Å². The monoisotopic (exact) mass is 322 g/mol. The van der Waals surface area contributed by atoms with E-state index in [0.717, 1.165) is 70.4 Å². The van der Waals surface area contributed by atoms with Gasteiger partial charge in [0.15, 0.2) is 0 Å². The number of hydrogen-bond donors (Lipinski definition) is 1. The van der Waals surface area contributed by atoms with Crippen LogP contribution in [0.3, 0.4) is 0 Å². The number of hydrogen-bond acceptors (Lipinski definition) is 6. The molecule has 2 N–H and O–H groups in total. The van der Waals surface area contributed by atoms with Crippen molar-refractivity contribution in [3.8, 4) is 0 Å². The van der Waals surface area contributed by atoms with Crippen LogP contribution in [-0.4, -0.2) is 76.4 Å². The van der Waals surface area contributed by atoms with Crippen LogP contribution in [0.2, 0.25) is 0 Å². The summed E-state index contributed by atoms with van der Waals surface area (Å²) in [6, 6.07) is 0. The predicted molar refractivity (Wildman–Crippen MR) is 84.7 cm³/mol. The molecule has 2 fully saturated rings. The molecule has 3 heterocycles. The molecule has 23 heavy (non-hydrogen) atoms. The third-order valence-electron chi connectivity index (χ3n) is 4.72. The van der Waals surface area contributed by atoms with E-state index in [4.69, 9.17) is 10.5 Å². The number of aromatic nitrogens is 3. The van der Waals surface area contributed by atoms with E-state index < -0.39 is 0 Å². The first-order chi connectivity index (χ1) is 11.1. The Balaban J connectivity index is 1.64. The average Bonchev–Trinajstić information content (AvgIpc) is 2.89. The van der Waals surface area contributed by atoms with Crippen LogP contribution in [0.1, 0.15) is 30.4 Å². The lowest BCUT2D eigenvalue weighted by Crippen LogP contribution is -2.40. The van der Waals surface area contributed by atoms with Crippen LogP contribution < -0.4 is 5.73 Å². The molecule has 1 unspecified atom stereocenters. The molecule has 8 nitrogen and oxygen atoms in total. The summed E-state index contributed by atoms with van der Waals surface area (Å²) in [6.45, 7) is 6.35. The van der Waals surface area contributed by atoms with Crippen LogP contribution >= 0.6 is 0 Å². The Hall–Kier alpha value is -1.51. The van der Waals surface area contributed by atoms with Crippen molar-refractivity contribution in [3.63, 3.8) is 0 Å². The number of nitrogens with two attached hydrogens (primary N) is 1. The van der Waals surface area contributed by atoms with Crippen LogP contribution in [0, 0.1) is 0 Å². The number of primary amides is 1. The van der Waals surface area contributed by atoms with Crippen molar-refractivity contribution in [2.24, 2.45) is 12.8 Å². The third-order valence-corrected chi connectivity index (χ3v) is 4.72. The number of carbonyl (C=O) groups is 1. The maximum atomic E-state index is 11.1. The smallest absolute Gasteiger partial charge is 0.231 e. The number of likely N-dealkylation sites (tertiary alicyclic amines) is 1. The zero-order valence-corrected chi connectivity index (χ0v) is 13.8. The van der Waals surface area contributed by atoms with Crippen molar-refractivity contribution in [1.29, 1.82) is 0 Å². The van der Waals surface area contributed by atoms with Gasteiger partial charge in [-0.1, -0.05) is 0 Å². The summed E-state index contributed by atoms with van der Waals surface area (Å²) in [5.41, 5.74) is 5.32. The Morgan fingerprint density at radius 1 is 1.26 bits per heavy atom. The van der Waals surface area contributed by atoms with Gasteiger partial charge in [0.25, 0.3) is 0 Å². The lowest BCUT2D eigenvalue weighted by atomic mass is 9.97. The molecule has 128 valence electrons. The van der Waals surface area contributed by atoms with E-state index in [0.29, 0.717) is 12.5 Å². The number of amides is 1. The van der Waals surface area contributed by atoms with Crippen LogP contribution in [0.15, 0.2) is 0 Å². The molecule has 0 spiro atoms. The molecular weight excluding hydrogens is 296 g/mol. The van der Waals surface area contributed by atoms with Crippen molar-refractivity contribution in [3.05, 3.63) is 11.6 Å². The van der Waals surface area contributed by atoms with Crippen LogP contribution in [0.5, 0.6) is 0 Å². The van der Waals surface area contributed by atoms with Gasteiger partial charge in [-0.2, -0.15) is 0 Å². The van der Waals surface area contributed by atoms with Gasteiger partial charge < -0.3 is 15.0 Å². The fourth-order valence-corrected chi connectivity index (χ4v) is 3.46. The quantitative estimate of drug-likeness (QED) is 0.772. The Kier molecular flexibility index (Phi) is 5.24. The summed E-state index contributed by atoms with van der Waals surface area (Å²) in [5, 5.41) is 8.82. The lowest BCUT2D eigenvalue weighted by Gasteiger charge is -2.31. The first kappa shape index (κ1) is 16.4. The van der Waals surface area contributed by atoms with Gasteiger partial charge in [-0.3, -0.25) is 14.6 Å². The Labute approximate surface area is 136 Å². The highest BCUT2D eigenvalue weighted by Crippen LogP contribution is 2.25. The molecule has 2 aliphatic rings. The van der Waals surface area contributed by atoms with Crippen molar-refractivity contribution in [2.45, 2.75) is 25.3 Å². The van der Waals surface area contributed by atoms with Crippen molar-refractivity contribution >= 4 is 5.91 Å². The Morgan fingerprint density at radius 3 is 2.78 bits per heavy atom. The van der Waals surface area contributed by atoms with E-state index in [1.807, 2.05) is 7.05 Å². The highest BCUT2D eigenvalue weighted by molar-refractivity contribution is 5.75. The van der Waals surface area contributed by atoms with Gasteiger partial charge in [-0.25, -0.2) is 0 Å². The Bertz CT molecular complexity index is 540. The molecule has 3 rings (SSSR count). The fourth-order valence-electron chi connectivity index (χ4n) is 3.46. The molecular formula is C15H26N6O2. The third kappa shape index (κ3) is 4.07. The molecule has 2 saturated heterocycles. The SMILES string of the molecule is Cn1c(CN2CCOCC2)nnc1C1CCCN(CC(N)=O)C1. The maximum absolute atomic E-state index is 11.1. The molecule has 1 amide bonds. The van der Waals surface area contributed by atoms with E-state index >= 15 is 0 Å². The van der Waals surface area contributed by atoms with E-state index in [1.165, 1.54) is 0 Å². The normalized spacial score (nSPS) is 24.0. The molecule has 0 aromatic carbocycles. The van der Waals surface area contributed by atoms with Crippen LogP contribution in [0.4, 0.5) is 0 Å². The van der Waals surface area contributed by atoms with Gasteiger partial charge in [0.1, 0.15) is 11.6 Å². The Morgan fingerprint density at radius 2 is 2.04 bits per heavy atom.